The maximum atomic E-state index is 13.5. The van der Waals surface area contributed by atoms with Crippen molar-refractivity contribution >= 4 is 29.3 Å². The molecule has 1 heterocycles. The summed E-state index contributed by atoms with van der Waals surface area (Å²) in [5.74, 6) is -2.06. The number of ether oxygens (including phenoxy) is 2. The van der Waals surface area contributed by atoms with E-state index in [1.165, 1.54) is 50.4 Å². The van der Waals surface area contributed by atoms with Crippen molar-refractivity contribution < 1.29 is 37.4 Å². The van der Waals surface area contributed by atoms with Crippen LogP contribution in [0, 0.1) is 5.92 Å². The zero-order chi connectivity index (χ0) is 26.0. The number of rotatable bonds is 10. The molecule has 190 valence electrons. The first kappa shape index (κ1) is 25.1. The van der Waals surface area contributed by atoms with Gasteiger partial charge < -0.3 is 20.1 Å². The van der Waals surface area contributed by atoms with Gasteiger partial charge in [-0.15, -0.1) is 0 Å². The molecule has 2 aromatic carbocycles. The number of carbonyl (C=O) groups is 4. The Balaban J connectivity index is 1.74. The molecule has 1 unspecified atom stereocenters. The molecule has 4 rings (SSSR count). The lowest BCUT2D eigenvalue weighted by atomic mass is 10.0. The molecule has 36 heavy (non-hydrogen) atoms. The normalized spacial score (nSPS) is 15.5. The van der Waals surface area contributed by atoms with E-state index in [0.717, 1.165) is 17.7 Å². The second-order valence-electron chi connectivity index (χ2n) is 8.62. The van der Waals surface area contributed by atoms with Crippen LogP contribution in [0.2, 0.25) is 0 Å². The van der Waals surface area contributed by atoms with Crippen molar-refractivity contribution in [1.29, 1.82) is 0 Å². The number of fused-ring (bicyclic) bond motifs is 1. The van der Waals surface area contributed by atoms with Crippen LogP contribution in [0.15, 0.2) is 36.4 Å². The number of hydrogen-bond acceptors (Lipinski definition) is 6. The number of hydrogen-bond donors (Lipinski definition) is 2. The lowest BCUT2D eigenvalue weighted by Crippen LogP contribution is -2.37. The van der Waals surface area contributed by atoms with Gasteiger partial charge in [-0.2, -0.15) is 8.78 Å². The Hall–Kier alpha value is -4.02. The third kappa shape index (κ3) is 5.29. The molecule has 0 bridgehead atoms. The van der Waals surface area contributed by atoms with Crippen molar-refractivity contribution in [2.75, 3.05) is 19.0 Å². The molecule has 11 heteroatoms. The van der Waals surface area contributed by atoms with E-state index in [4.69, 9.17) is 4.74 Å². The molecule has 4 amide bonds. The SMILES string of the molecule is CNC(=O)CC(c1ccc(OC(F)F)c(OCC2CC2)c1)N1C(=O)c2cccc(NC(C)=O)c2C1=O. The van der Waals surface area contributed by atoms with Gasteiger partial charge in [0.05, 0.1) is 35.9 Å². The molecular weight excluding hydrogens is 476 g/mol. The summed E-state index contributed by atoms with van der Waals surface area (Å²) < 4.78 is 36.2. The molecule has 2 N–H and O–H groups in total. The maximum Gasteiger partial charge on any atom is 0.387 e. The van der Waals surface area contributed by atoms with Crippen LogP contribution in [0.5, 0.6) is 11.5 Å². The van der Waals surface area contributed by atoms with Gasteiger partial charge in [-0.1, -0.05) is 12.1 Å². The van der Waals surface area contributed by atoms with E-state index in [-0.39, 0.29) is 34.7 Å². The Morgan fingerprint density at radius 1 is 1.11 bits per heavy atom. The number of anilines is 1. The summed E-state index contributed by atoms with van der Waals surface area (Å²) in [5.41, 5.74) is 0.591. The van der Waals surface area contributed by atoms with Gasteiger partial charge in [0.2, 0.25) is 11.8 Å². The molecule has 2 aliphatic rings. The number of alkyl halides is 2. The summed E-state index contributed by atoms with van der Waals surface area (Å²) in [6.45, 7) is -1.50. The topological polar surface area (TPSA) is 114 Å². The van der Waals surface area contributed by atoms with Crippen molar-refractivity contribution in [3.63, 3.8) is 0 Å². The van der Waals surface area contributed by atoms with Crippen LogP contribution in [-0.2, 0) is 9.59 Å². The molecule has 0 radical (unpaired) electrons. The summed E-state index contributed by atoms with van der Waals surface area (Å²) >= 11 is 0. The minimum absolute atomic E-state index is 0.0162. The number of carbonyl (C=O) groups excluding carboxylic acids is 4. The van der Waals surface area contributed by atoms with Gasteiger partial charge in [-0.25, -0.2) is 0 Å². The van der Waals surface area contributed by atoms with E-state index in [0.29, 0.717) is 18.1 Å². The summed E-state index contributed by atoms with van der Waals surface area (Å²) in [4.78, 5) is 51.8. The number of halogens is 2. The Morgan fingerprint density at radius 3 is 2.50 bits per heavy atom. The number of nitrogens with zero attached hydrogens (tertiary/aromatic N) is 1. The fraction of sp³-hybridized carbons (Fsp3) is 0.360. The van der Waals surface area contributed by atoms with Gasteiger partial charge in [0.1, 0.15) is 0 Å². The largest absolute Gasteiger partial charge is 0.489 e. The molecule has 0 saturated heterocycles. The van der Waals surface area contributed by atoms with E-state index in [9.17, 15) is 28.0 Å². The van der Waals surface area contributed by atoms with Crippen LogP contribution in [0.3, 0.4) is 0 Å². The first-order chi connectivity index (χ1) is 17.2. The van der Waals surface area contributed by atoms with Crippen LogP contribution >= 0.6 is 0 Å². The van der Waals surface area contributed by atoms with Gasteiger partial charge in [-0.3, -0.25) is 24.1 Å². The van der Waals surface area contributed by atoms with Gasteiger partial charge >= 0.3 is 6.61 Å². The molecule has 0 aromatic heterocycles. The molecule has 1 fully saturated rings. The molecule has 1 atom stereocenters. The summed E-state index contributed by atoms with van der Waals surface area (Å²) in [7, 11) is 1.42. The summed E-state index contributed by atoms with van der Waals surface area (Å²) in [5, 5.41) is 5.03. The number of benzene rings is 2. The van der Waals surface area contributed by atoms with Crippen LogP contribution in [0.25, 0.3) is 0 Å². The zero-order valence-electron chi connectivity index (χ0n) is 19.7. The summed E-state index contributed by atoms with van der Waals surface area (Å²) in [6, 6.07) is 7.50. The Morgan fingerprint density at radius 2 is 1.86 bits per heavy atom. The van der Waals surface area contributed by atoms with Crippen LogP contribution < -0.4 is 20.1 Å². The molecule has 1 saturated carbocycles. The standard InChI is InChI=1S/C25H25F2N3O6/c1-13(31)29-17-5-3-4-16-22(17)24(34)30(23(16)33)18(11-21(32)28-2)15-8-9-19(36-25(26)27)20(10-15)35-12-14-6-7-14/h3-5,8-10,14,18,25H,6-7,11-12H2,1-2H3,(H,28,32)(H,29,31). The zero-order valence-corrected chi connectivity index (χ0v) is 19.7. The van der Waals surface area contributed by atoms with Gasteiger partial charge in [0, 0.05) is 14.0 Å². The van der Waals surface area contributed by atoms with E-state index in [2.05, 4.69) is 15.4 Å². The van der Waals surface area contributed by atoms with Crippen LogP contribution in [-0.4, -0.2) is 48.8 Å². The Labute approximate surface area is 205 Å². The van der Waals surface area contributed by atoms with Crippen molar-refractivity contribution in [3.8, 4) is 11.5 Å². The van der Waals surface area contributed by atoms with Gasteiger partial charge in [0.15, 0.2) is 11.5 Å². The maximum absolute atomic E-state index is 13.5. The molecular formula is C25H25F2N3O6. The van der Waals surface area contributed by atoms with Gasteiger partial charge in [0.25, 0.3) is 11.8 Å². The third-order valence-corrected chi connectivity index (χ3v) is 5.97. The monoisotopic (exact) mass is 501 g/mol. The predicted octanol–water partition coefficient (Wildman–Crippen LogP) is 3.51. The average molecular weight is 501 g/mol. The number of imide groups is 1. The highest BCUT2D eigenvalue weighted by Crippen LogP contribution is 2.40. The van der Waals surface area contributed by atoms with E-state index in [1.54, 1.807) is 0 Å². The van der Waals surface area contributed by atoms with Crippen molar-refractivity contribution in [2.24, 2.45) is 5.92 Å². The van der Waals surface area contributed by atoms with Crippen LogP contribution in [0.4, 0.5) is 14.5 Å². The van der Waals surface area contributed by atoms with Crippen molar-refractivity contribution in [3.05, 3.63) is 53.1 Å². The first-order valence-electron chi connectivity index (χ1n) is 11.4. The summed E-state index contributed by atoms with van der Waals surface area (Å²) in [6.07, 6.45) is 1.65. The molecule has 1 aliphatic heterocycles. The molecule has 1 aliphatic carbocycles. The highest BCUT2D eigenvalue weighted by molar-refractivity contribution is 6.24. The Kier molecular flexibility index (Phi) is 7.18. The lowest BCUT2D eigenvalue weighted by molar-refractivity contribution is -0.121. The first-order valence-corrected chi connectivity index (χ1v) is 11.4. The van der Waals surface area contributed by atoms with Crippen molar-refractivity contribution in [1.82, 2.24) is 10.2 Å². The highest BCUT2D eigenvalue weighted by atomic mass is 19.3. The smallest absolute Gasteiger partial charge is 0.387 e. The minimum atomic E-state index is -3.08. The van der Waals surface area contributed by atoms with E-state index in [1.807, 2.05) is 0 Å². The van der Waals surface area contributed by atoms with Gasteiger partial charge in [-0.05, 0) is 48.6 Å². The third-order valence-electron chi connectivity index (χ3n) is 5.97. The second-order valence-corrected chi connectivity index (χ2v) is 8.62. The van der Waals surface area contributed by atoms with E-state index >= 15 is 0 Å². The molecule has 9 nitrogen and oxygen atoms in total. The number of amides is 4. The molecule has 2 aromatic rings. The lowest BCUT2D eigenvalue weighted by Gasteiger charge is -2.27. The Bertz CT molecular complexity index is 1210. The van der Waals surface area contributed by atoms with Crippen LogP contribution in [0.1, 0.15) is 58.5 Å². The van der Waals surface area contributed by atoms with Crippen molar-refractivity contribution in [2.45, 2.75) is 38.8 Å². The predicted molar refractivity (Wildman–Crippen MR) is 124 cm³/mol. The highest BCUT2D eigenvalue weighted by Gasteiger charge is 2.43. The average Bonchev–Trinajstić information content (AvgIpc) is 3.62. The quantitative estimate of drug-likeness (QED) is 0.482. The fourth-order valence-corrected chi connectivity index (χ4v) is 4.05. The fourth-order valence-electron chi connectivity index (χ4n) is 4.05. The van der Waals surface area contributed by atoms with E-state index < -0.39 is 36.3 Å². The number of nitrogens with one attached hydrogen (secondary N) is 2. The molecule has 0 spiro atoms. The second kappa shape index (κ2) is 10.3. The minimum Gasteiger partial charge on any atom is -0.489 e.